The van der Waals surface area contributed by atoms with E-state index in [1.165, 1.54) is 12.1 Å². The van der Waals surface area contributed by atoms with Crippen LogP contribution in [0, 0.1) is 0 Å². The first-order valence-corrected chi connectivity index (χ1v) is 6.99. The maximum absolute atomic E-state index is 11.8. The molecule has 0 aliphatic heterocycles. The van der Waals surface area contributed by atoms with Crippen LogP contribution in [0.4, 0.5) is 5.69 Å². The van der Waals surface area contributed by atoms with E-state index in [9.17, 15) is 9.59 Å². The molecule has 0 unspecified atom stereocenters. The molecule has 4 nitrogen and oxygen atoms in total. The summed E-state index contributed by atoms with van der Waals surface area (Å²) in [5, 5.41) is 2.68. The molecular weight excluding hydrogens is 332 g/mol. The number of halogens is 1. The van der Waals surface area contributed by atoms with E-state index in [1.807, 2.05) is 24.3 Å². The molecule has 0 saturated carbocycles. The van der Waals surface area contributed by atoms with Gasteiger partial charge in [-0.2, -0.15) is 0 Å². The third-order valence-corrected chi connectivity index (χ3v) is 3.46. The monoisotopic (exact) mass is 344 g/mol. The summed E-state index contributed by atoms with van der Waals surface area (Å²) in [6, 6.07) is 14.1. The van der Waals surface area contributed by atoms with Crippen molar-refractivity contribution in [2.45, 2.75) is 0 Å². The van der Waals surface area contributed by atoms with Crippen LogP contribution in [0.25, 0.3) is 6.08 Å². The van der Waals surface area contributed by atoms with E-state index in [0.29, 0.717) is 11.3 Å². The Morgan fingerprint density at radius 3 is 2.57 bits per heavy atom. The molecule has 3 N–H and O–H groups in total. The fraction of sp³-hybridized carbons (Fsp3) is 0. The Balaban J connectivity index is 2.07. The standard InChI is InChI=1S/C16H13BrN2O2/c17-14-7-2-1-4-11(14)8-9-15(20)19-13-6-3-5-12(10-13)16(18)21/h1-10H,(H2,18,21)(H,19,20)/b9-8+. The second kappa shape index (κ2) is 6.85. The van der Waals surface area contributed by atoms with E-state index in [1.54, 1.807) is 24.3 Å². The summed E-state index contributed by atoms with van der Waals surface area (Å²) in [4.78, 5) is 22.9. The third-order valence-electron chi connectivity index (χ3n) is 2.73. The molecule has 0 fully saturated rings. The molecule has 0 aliphatic carbocycles. The molecule has 0 heterocycles. The highest BCUT2D eigenvalue weighted by Crippen LogP contribution is 2.17. The second-order valence-corrected chi connectivity index (χ2v) is 5.14. The smallest absolute Gasteiger partial charge is 0.248 e. The Kier molecular flexibility index (Phi) is 4.90. The number of anilines is 1. The van der Waals surface area contributed by atoms with Gasteiger partial charge in [0.2, 0.25) is 11.8 Å². The van der Waals surface area contributed by atoms with E-state index in [2.05, 4.69) is 21.2 Å². The Labute approximate surface area is 130 Å². The van der Waals surface area contributed by atoms with Crippen LogP contribution >= 0.6 is 15.9 Å². The molecule has 2 amide bonds. The highest BCUT2D eigenvalue weighted by Gasteiger charge is 2.03. The van der Waals surface area contributed by atoms with Crippen molar-refractivity contribution in [1.82, 2.24) is 0 Å². The van der Waals surface area contributed by atoms with E-state index in [-0.39, 0.29) is 5.91 Å². The first-order valence-electron chi connectivity index (χ1n) is 6.20. The summed E-state index contributed by atoms with van der Waals surface area (Å²) in [5.74, 6) is -0.817. The van der Waals surface area contributed by atoms with Gasteiger partial charge >= 0.3 is 0 Å². The van der Waals surface area contributed by atoms with Gasteiger partial charge < -0.3 is 11.1 Å². The van der Waals surface area contributed by atoms with Crippen molar-refractivity contribution >= 4 is 39.5 Å². The van der Waals surface area contributed by atoms with Crippen molar-refractivity contribution in [3.63, 3.8) is 0 Å². The van der Waals surface area contributed by atoms with E-state index in [0.717, 1.165) is 10.0 Å². The van der Waals surface area contributed by atoms with Gasteiger partial charge in [-0.1, -0.05) is 40.2 Å². The lowest BCUT2D eigenvalue weighted by Crippen LogP contribution is -2.12. The van der Waals surface area contributed by atoms with Gasteiger partial charge in [0.05, 0.1) is 0 Å². The van der Waals surface area contributed by atoms with Crippen molar-refractivity contribution in [2.75, 3.05) is 5.32 Å². The second-order valence-electron chi connectivity index (χ2n) is 4.29. The third kappa shape index (κ3) is 4.29. The highest BCUT2D eigenvalue weighted by atomic mass is 79.9. The molecule has 0 radical (unpaired) electrons. The van der Waals surface area contributed by atoms with Crippen LogP contribution < -0.4 is 11.1 Å². The van der Waals surface area contributed by atoms with Gasteiger partial charge in [0, 0.05) is 21.8 Å². The van der Waals surface area contributed by atoms with Crippen LogP contribution in [0.3, 0.4) is 0 Å². The topological polar surface area (TPSA) is 72.2 Å². The molecule has 2 aromatic rings. The molecule has 5 heteroatoms. The van der Waals surface area contributed by atoms with Crippen LogP contribution in [-0.4, -0.2) is 11.8 Å². The number of benzene rings is 2. The summed E-state index contributed by atoms with van der Waals surface area (Å²) < 4.78 is 0.907. The SMILES string of the molecule is NC(=O)c1cccc(NC(=O)/C=C/c2ccccc2Br)c1. The summed E-state index contributed by atoms with van der Waals surface area (Å²) in [6.45, 7) is 0. The molecule has 2 aromatic carbocycles. The summed E-state index contributed by atoms with van der Waals surface area (Å²) in [6.07, 6.45) is 3.13. The number of amides is 2. The van der Waals surface area contributed by atoms with Gasteiger partial charge in [0.25, 0.3) is 0 Å². The predicted octanol–water partition coefficient (Wildman–Crippen LogP) is 3.20. The van der Waals surface area contributed by atoms with Crippen molar-refractivity contribution in [3.8, 4) is 0 Å². The van der Waals surface area contributed by atoms with Gasteiger partial charge in [-0.05, 0) is 35.9 Å². The molecule has 0 spiro atoms. The number of nitrogens with one attached hydrogen (secondary N) is 1. The zero-order valence-electron chi connectivity index (χ0n) is 11.0. The normalized spacial score (nSPS) is 10.5. The zero-order valence-corrected chi connectivity index (χ0v) is 12.6. The van der Waals surface area contributed by atoms with Crippen molar-refractivity contribution in [2.24, 2.45) is 5.73 Å². The number of carbonyl (C=O) groups is 2. The fourth-order valence-electron chi connectivity index (χ4n) is 1.71. The molecule has 0 aromatic heterocycles. The Bertz CT molecular complexity index is 711. The van der Waals surface area contributed by atoms with E-state index < -0.39 is 5.91 Å². The van der Waals surface area contributed by atoms with Crippen LogP contribution in [0.2, 0.25) is 0 Å². The number of primary amides is 1. The maximum Gasteiger partial charge on any atom is 0.248 e. The lowest BCUT2D eigenvalue weighted by atomic mass is 10.2. The maximum atomic E-state index is 11.8. The number of hydrogen-bond acceptors (Lipinski definition) is 2. The molecule has 0 bridgehead atoms. The first kappa shape index (κ1) is 15.0. The number of carbonyl (C=O) groups excluding carboxylic acids is 2. The van der Waals surface area contributed by atoms with Crippen molar-refractivity contribution < 1.29 is 9.59 Å². The molecule has 2 rings (SSSR count). The Morgan fingerprint density at radius 2 is 1.86 bits per heavy atom. The van der Waals surface area contributed by atoms with Gasteiger partial charge in [-0.15, -0.1) is 0 Å². The van der Waals surface area contributed by atoms with Gasteiger partial charge in [-0.3, -0.25) is 9.59 Å². The summed E-state index contributed by atoms with van der Waals surface area (Å²) >= 11 is 3.40. The summed E-state index contributed by atoms with van der Waals surface area (Å²) in [5.41, 5.74) is 6.97. The molecule has 0 aliphatic rings. The lowest BCUT2D eigenvalue weighted by Gasteiger charge is -2.03. The van der Waals surface area contributed by atoms with E-state index in [4.69, 9.17) is 5.73 Å². The minimum Gasteiger partial charge on any atom is -0.366 e. The van der Waals surface area contributed by atoms with E-state index >= 15 is 0 Å². The predicted molar refractivity (Wildman–Crippen MR) is 86.8 cm³/mol. The van der Waals surface area contributed by atoms with Crippen LogP contribution in [0.5, 0.6) is 0 Å². The molecule has 0 saturated heterocycles. The molecule has 21 heavy (non-hydrogen) atoms. The minimum atomic E-state index is -0.533. The lowest BCUT2D eigenvalue weighted by molar-refractivity contribution is -0.111. The molecular formula is C16H13BrN2O2. The number of nitrogens with two attached hydrogens (primary N) is 1. The summed E-state index contributed by atoms with van der Waals surface area (Å²) in [7, 11) is 0. The van der Waals surface area contributed by atoms with Crippen molar-refractivity contribution in [3.05, 3.63) is 70.2 Å². The quantitative estimate of drug-likeness (QED) is 0.836. The zero-order chi connectivity index (χ0) is 15.2. The van der Waals surface area contributed by atoms with Gasteiger partial charge in [0.15, 0.2) is 0 Å². The molecule has 0 atom stereocenters. The number of rotatable bonds is 4. The van der Waals surface area contributed by atoms with Crippen LogP contribution in [0.15, 0.2) is 59.1 Å². The van der Waals surface area contributed by atoms with Gasteiger partial charge in [-0.25, -0.2) is 0 Å². The number of hydrogen-bond donors (Lipinski definition) is 2. The highest BCUT2D eigenvalue weighted by molar-refractivity contribution is 9.10. The van der Waals surface area contributed by atoms with Crippen molar-refractivity contribution in [1.29, 1.82) is 0 Å². The largest absolute Gasteiger partial charge is 0.366 e. The molecule has 106 valence electrons. The van der Waals surface area contributed by atoms with Crippen LogP contribution in [-0.2, 0) is 4.79 Å². The average molecular weight is 345 g/mol. The average Bonchev–Trinajstić information content (AvgIpc) is 2.46. The Morgan fingerprint density at radius 1 is 1.10 bits per heavy atom. The first-order chi connectivity index (χ1) is 10.1. The van der Waals surface area contributed by atoms with Crippen LogP contribution in [0.1, 0.15) is 15.9 Å². The fourth-order valence-corrected chi connectivity index (χ4v) is 2.13. The van der Waals surface area contributed by atoms with Gasteiger partial charge in [0.1, 0.15) is 0 Å². The Hall–Kier alpha value is -2.40. The minimum absolute atomic E-state index is 0.285.